The average molecular weight is 262 g/mol. The summed E-state index contributed by atoms with van der Waals surface area (Å²) in [5.41, 5.74) is 2.14. The number of hydrogen-bond acceptors (Lipinski definition) is 2. The van der Waals surface area contributed by atoms with Crippen molar-refractivity contribution in [1.82, 2.24) is 4.98 Å². The molecular formula is C15H16ClNO. The van der Waals surface area contributed by atoms with Crippen LogP contribution in [0.4, 0.5) is 0 Å². The van der Waals surface area contributed by atoms with Crippen LogP contribution >= 0.6 is 11.6 Å². The zero-order chi connectivity index (χ0) is 12.8. The number of nitrogens with zero attached hydrogens (tertiary/aromatic N) is 1. The molecule has 0 N–H and O–H groups in total. The van der Waals surface area contributed by atoms with Gasteiger partial charge in [-0.1, -0.05) is 31.5 Å². The summed E-state index contributed by atoms with van der Waals surface area (Å²) in [6.07, 6.45) is 2.25. The van der Waals surface area contributed by atoms with Gasteiger partial charge in [-0.2, -0.15) is 0 Å². The topological polar surface area (TPSA) is 22.1 Å². The fraction of sp³-hybridized carbons (Fsp3) is 0.267. The molecule has 94 valence electrons. The molecule has 2 aromatic rings. The molecule has 0 aliphatic heterocycles. The summed E-state index contributed by atoms with van der Waals surface area (Å²) in [5.74, 6) is 1.78. The molecule has 3 heteroatoms. The highest BCUT2D eigenvalue weighted by Crippen LogP contribution is 2.20. The highest BCUT2D eigenvalue weighted by molar-refractivity contribution is 6.16. The van der Waals surface area contributed by atoms with Crippen molar-refractivity contribution in [3.05, 3.63) is 53.7 Å². The smallest absolute Gasteiger partial charge is 0.219 e. The lowest BCUT2D eigenvalue weighted by Crippen LogP contribution is -1.91. The van der Waals surface area contributed by atoms with E-state index in [1.807, 2.05) is 30.3 Å². The number of pyridine rings is 1. The summed E-state index contributed by atoms with van der Waals surface area (Å²) in [6, 6.07) is 13.7. The van der Waals surface area contributed by atoms with Gasteiger partial charge < -0.3 is 4.74 Å². The molecule has 18 heavy (non-hydrogen) atoms. The van der Waals surface area contributed by atoms with Gasteiger partial charge in [0.15, 0.2) is 0 Å². The van der Waals surface area contributed by atoms with Gasteiger partial charge in [0.25, 0.3) is 0 Å². The first-order valence-electron chi connectivity index (χ1n) is 6.10. The average Bonchev–Trinajstić information content (AvgIpc) is 2.42. The van der Waals surface area contributed by atoms with Gasteiger partial charge in [-0.3, -0.25) is 0 Å². The van der Waals surface area contributed by atoms with Crippen LogP contribution in [0.3, 0.4) is 0 Å². The fourth-order valence-electron chi connectivity index (χ4n) is 1.72. The van der Waals surface area contributed by atoms with E-state index in [9.17, 15) is 0 Å². The summed E-state index contributed by atoms with van der Waals surface area (Å²) in [6.45, 7) is 2.17. The van der Waals surface area contributed by atoms with Gasteiger partial charge in [0, 0.05) is 6.07 Å². The molecule has 0 saturated heterocycles. The molecule has 1 aromatic heterocycles. The van der Waals surface area contributed by atoms with Crippen LogP contribution in [0.5, 0.6) is 11.6 Å². The van der Waals surface area contributed by atoms with E-state index in [2.05, 4.69) is 24.0 Å². The third-order valence-electron chi connectivity index (χ3n) is 2.60. The Labute approximate surface area is 113 Å². The number of benzene rings is 1. The molecule has 0 aliphatic rings. The first kappa shape index (κ1) is 12.9. The Bertz CT molecular complexity index is 496. The van der Waals surface area contributed by atoms with Crippen molar-refractivity contribution in [2.45, 2.75) is 25.6 Å². The first-order valence-corrected chi connectivity index (χ1v) is 6.64. The Kier molecular flexibility index (Phi) is 4.59. The summed E-state index contributed by atoms with van der Waals surface area (Å²) in [5, 5.41) is 0. The number of alkyl halides is 1. The molecule has 1 aromatic carbocycles. The molecule has 2 nitrogen and oxygen atoms in total. The maximum atomic E-state index is 5.74. The van der Waals surface area contributed by atoms with Crippen LogP contribution in [0.1, 0.15) is 24.6 Å². The molecule has 0 bridgehead atoms. The fourth-order valence-corrected chi connectivity index (χ4v) is 1.87. The third kappa shape index (κ3) is 3.47. The van der Waals surface area contributed by atoms with E-state index in [4.69, 9.17) is 16.3 Å². The van der Waals surface area contributed by atoms with Crippen molar-refractivity contribution in [2.75, 3.05) is 0 Å². The largest absolute Gasteiger partial charge is 0.439 e. The third-order valence-corrected chi connectivity index (χ3v) is 2.88. The van der Waals surface area contributed by atoms with Crippen molar-refractivity contribution in [3.63, 3.8) is 0 Å². The van der Waals surface area contributed by atoms with Crippen LogP contribution in [0.2, 0.25) is 0 Å². The minimum atomic E-state index is 0.395. The minimum absolute atomic E-state index is 0.395. The number of ether oxygens (including phenoxy) is 1. The maximum absolute atomic E-state index is 5.74. The van der Waals surface area contributed by atoms with E-state index in [1.54, 1.807) is 0 Å². The standard InChI is InChI=1S/C15H16ClNO/c1-2-4-12-7-9-14(10-8-12)18-15-6-3-5-13(11-16)17-15/h3,5-10H,2,4,11H2,1H3. The Hall–Kier alpha value is -1.54. The molecule has 0 aliphatic carbocycles. The van der Waals surface area contributed by atoms with Crippen LogP contribution in [0.15, 0.2) is 42.5 Å². The van der Waals surface area contributed by atoms with E-state index in [0.717, 1.165) is 24.3 Å². The normalized spacial score (nSPS) is 10.3. The lowest BCUT2D eigenvalue weighted by Gasteiger charge is -2.06. The van der Waals surface area contributed by atoms with E-state index < -0.39 is 0 Å². The molecule has 0 fully saturated rings. The molecular weight excluding hydrogens is 246 g/mol. The second kappa shape index (κ2) is 6.41. The van der Waals surface area contributed by atoms with Crippen molar-refractivity contribution >= 4 is 11.6 Å². The molecule has 1 heterocycles. The predicted molar refractivity (Wildman–Crippen MR) is 74.3 cm³/mol. The van der Waals surface area contributed by atoms with Crippen molar-refractivity contribution in [2.24, 2.45) is 0 Å². The molecule has 0 spiro atoms. The van der Waals surface area contributed by atoms with Gasteiger partial charge in [0.2, 0.25) is 5.88 Å². The Balaban J connectivity index is 2.08. The summed E-state index contributed by atoms with van der Waals surface area (Å²) in [7, 11) is 0. The van der Waals surface area contributed by atoms with Crippen LogP contribution in [0, 0.1) is 0 Å². The number of rotatable bonds is 5. The van der Waals surface area contributed by atoms with Gasteiger partial charge in [-0.05, 0) is 30.2 Å². The molecule has 0 atom stereocenters. The molecule has 0 radical (unpaired) electrons. The summed E-state index contributed by atoms with van der Waals surface area (Å²) >= 11 is 5.74. The van der Waals surface area contributed by atoms with Crippen LogP contribution in [0.25, 0.3) is 0 Å². The Morgan fingerprint density at radius 3 is 2.56 bits per heavy atom. The van der Waals surface area contributed by atoms with Gasteiger partial charge in [-0.25, -0.2) is 4.98 Å². The minimum Gasteiger partial charge on any atom is -0.439 e. The van der Waals surface area contributed by atoms with E-state index in [-0.39, 0.29) is 0 Å². The predicted octanol–water partition coefficient (Wildman–Crippen LogP) is 4.57. The zero-order valence-electron chi connectivity index (χ0n) is 10.4. The van der Waals surface area contributed by atoms with E-state index >= 15 is 0 Å². The van der Waals surface area contributed by atoms with Gasteiger partial charge >= 0.3 is 0 Å². The SMILES string of the molecule is CCCc1ccc(Oc2cccc(CCl)n2)cc1. The van der Waals surface area contributed by atoms with Crippen LogP contribution in [-0.2, 0) is 12.3 Å². The zero-order valence-corrected chi connectivity index (χ0v) is 11.2. The number of aryl methyl sites for hydroxylation is 1. The van der Waals surface area contributed by atoms with E-state index in [1.165, 1.54) is 5.56 Å². The monoisotopic (exact) mass is 261 g/mol. The summed E-state index contributed by atoms with van der Waals surface area (Å²) < 4.78 is 5.68. The number of halogens is 1. The van der Waals surface area contributed by atoms with Gasteiger partial charge in [-0.15, -0.1) is 11.6 Å². The van der Waals surface area contributed by atoms with Crippen LogP contribution < -0.4 is 4.74 Å². The number of aromatic nitrogens is 1. The quantitative estimate of drug-likeness (QED) is 0.736. The lowest BCUT2D eigenvalue weighted by molar-refractivity contribution is 0.461. The molecule has 0 amide bonds. The highest BCUT2D eigenvalue weighted by atomic mass is 35.5. The Morgan fingerprint density at radius 2 is 1.89 bits per heavy atom. The molecule has 0 unspecified atom stereocenters. The van der Waals surface area contributed by atoms with Crippen LogP contribution in [-0.4, -0.2) is 4.98 Å². The van der Waals surface area contributed by atoms with Crippen molar-refractivity contribution in [1.29, 1.82) is 0 Å². The first-order chi connectivity index (χ1) is 8.81. The second-order valence-corrected chi connectivity index (χ2v) is 4.36. The molecule has 0 saturated carbocycles. The lowest BCUT2D eigenvalue weighted by atomic mass is 10.1. The second-order valence-electron chi connectivity index (χ2n) is 4.10. The van der Waals surface area contributed by atoms with Crippen molar-refractivity contribution < 1.29 is 4.74 Å². The molecule has 2 rings (SSSR count). The number of hydrogen-bond donors (Lipinski definition) is 0. The highest BCUT2D eigenvalue weighted by Gasteiger charge is 2.00. The van der Waals surface area contributed by atoms with Gasteiger partial charge in [0.05, 0.1) is 11.6 Å². The van der Waals surface area contributed by atoms with Crippen molar-refractivity contribution in [3.8, 4) is 11.6 Å². The van der Waals surface area contributed by atoms with E-state index in [0.29, 0.717) is 11.8 Å². The summed E-state index contributed by atoms with van der Waals surface area (Å²) in [4.78, 5) is 4.29. The Morgan fingerprint density at radius 1 is 1.11 bits per heavy atom. The maximum Gasteiger partial charge on any atom is 0.219 e. The van der Waals surface area contributed by atoms with Gasteiger partial charge in [0.1, 0.15) is 5.75 Å².